The predicted octanol–water partition coefficient (Wildman–Crippen LogP) is 3.07. The molecular formula is C14H14BrN3. The Hall–Kier alpha value is -1.26. The average molecular weight is 304 g/mol. The first-order valence-corrected chi connectivity index (χ1v) is 6.93. The molecule has 3 nitrogen and oxygen atoms in total. The molecule has 18 heavy (non-hydrogen) atoms. The number of rotatable bonds is 2. The summed E-state index contributed by atoms with van der Waals surface area (Å²) in [5.41, 5.74) is 4.65. The van der Waals surface area contributed by atoms with Crippen LogP contribution in [0.5, 0.6) is 0 Å². The van der Waals surface area contributed by atoms with Crippen LogP contribution in [0.15, 0.2) is 28.7 Å². The maximum absolute atomic E-state index is 4.71. The Bertz CT molecular complexity index is 596. The zero-order valence-corrected chi connectivity index (χ0v) is 11.8. The van der Waals surface area contributed by atoms with Crippen molar-refractivity contribution in [3.63, 3.8) is 0 Å². The summed E-state index contributed by atoms with van der Waals surface area (Å²) < 4.78 is 1.04. The van der Waals surface area contributed by atoms with Gasteiger partial charge in [-0.25, -0.2) is 9.97 Å². The van der Waals surface area contributed by atoms with Gasteiger partial charge < -0.3 is 5.32 Å². The van der Waals surface area contributed by atoms with Crippen LogP contribution in [0.2, 0.25) is 0 Å². The number of nitrogens with one attached hydrogen (secondary N) is 1. The first kappa shape index (κ1) is 11.8. The molecule has 1 N–H and O–H groups in total. The normalized spacial score (nSPS) is 13.7. The number of halogens is 1. The molecule has 0 aliphatic carbocycles. The molecule has 0 radical (unpaired) electrons. The summed E-state index contributed by atoms with van der Waals surface area (Å²) in [6.07, 6.45) is 0.948. The zero-order chi connectivity index (χ0) is 12.5. The van der Waals surface area contributed by atoms with Crippen molar-refractivity contribution in [2.24, 2.45) is 0 Å². The monoisotopic (exact) mass is 303 g/mol. The number of fused-ring (bicyclic) bond motifs is 1. The van der Waals surface area contributed by atoms with Gasteiger partial charge in [0.2, 0.25) is 0 Å². The third-order valence-electron chi connectivity index (χ3n) is 3.22. The van der Waals surface area contributed by atoms with Crippen LogP contribution < -0.4 is 5.32 Å². The molecule has 4 heteroatoms. The van der Waals surface area contributed by atoms with Gasteiger partial charge in [-0.05, 0) is 12.5 Å². The van der Waals surface area contributed by atoms with Gasteiger partial charge in [0.25, 0.3) is 0 Å². The molecule has 0 unspecified atom stereocenters. The first-order chi connectivity index (χ1) is 8.79. The van der Waals surface area contributed by atoms with E-state index in [0.717, 1.165) is 46.8 Å². The lowest BCUT2D eigenvalue weighted by molar-refractivity contribution is 0.755. The Kier molecular flexibility index (Phi) is 3.14. The summed E-state index contributed by atoms with van der Waals surface area (Å²) in [7, 11) is 0. The Morgan fingerprint density at radius 3 is 2.83 bits per heavy atom. The second-order valence-corrected chi connectivity index (χ2v) is 5.21. The molecule has 92 valence electrons. The lowest BCUT2D eigenvalue weighted by atomic mass is 10.1. The van der Waals surface area contributed by atoms with E-state index in [9.17, 15) is 0 Å². The topological polar surface area (TPSA) is 37.8 Å². The van der Waals surface area contributed by atoms with Gasteiger partial charge in [0.15, 0.2) is 5.82 Å². The number of hydrogen-bond donors (Lipinski definition) is 1. The van der Waals surface area contributed by atoms with Gasteiger partial charge >= 0.3 is 0 Å². The van der Waals surface area contributed by atoms with E-state index in [1.807, 2.05) is 24.3 Å². The number of aryl methyl sites for hydroxylation is 1. The Balaban J connectivity index is 2.17. The number of nitrogens with zero attached hydrogens (tertiary/aromatic N) is 2. The van der Waals surface area contributed by atoms with Crippen molar-refractivity contribution in [1.29, 1.82) is 0 Å². The molecule has 1 aliphatic heterocycles. The molecule has 0 spiro atoms. The van der Waals surface area contributed by atoms with Crippen LogP contribution in [0.3, 0.4) is 0 Å². The molecule has 2 aromatic rings. The van der Waals surface area contributed by atoms with Crippen molar-refractivity contribution in [3.05, 3.63) is 45.7 Å². The molecule has 1 aromatic heterocycles. The van der Waals surface area contributed by atoms with Crippen LogP contribution in [0.1, 0.15) is 23.9 Å². The fourth-order valence-corrected chi connectivity index (χ4v) is 2.76. The smallest absolute Gasteiger partial charge is 0.160 e. The van der Waals surface area contributed by atoms with Crippen LogP contribution >= 0.6 is 15.9 Å². The Labute approximate surface area is 115 Å². The molecule has 1 aromatic carbocycles. The van der Waals surface area contributed by atoms with Crippen molar-refractivity contribution in [2.45, 2.75) is 26.4 Å². The minimum absolute atomic E-state index is 0.821. The van der Waals surface area contributed by atoms with E-state index in [4.69, 9.17) is 4.98 Å². The third-order valence-corrected chi connectivity index (χ3v) is 3.91. The van der Waals surface area contributed by atoms with E-state index >= 15 is 0 Å². The van der Waals surface area contributed by atoms with Gasteiger partial charge in [-0.15, -0.1) is 0 Å². The van der Waals surface area contributed by atoms with Crippen molar-refractivity contribution in [2.75, 3.05) is 0 Å². The Morgan fingerprint density at radius 2 is 2.06 bits per heavy atom. The number of hydrogen-bond acceptors (Lipinski definition) is 3. The molecule has 1 aliphatic rings. The molecule has 2 heterocycles. The summed E-state index contributed by atoms with van der Waals surface area (Å²) >= 11 is 3.56. The average Bonchev–Trinajstić information content (AvgIpc) is 2.86. The standard InChI is InChI=1S/C14H14BrN3/c1-2-12-10-7-16-8-13(10)18-14(17-12)9-5-3-4-6-11(9)15/h3-6,16H,2,7-8H2,1H3. The highest BCUT2D eigenvalue weighted by Crippen LogP contribution is 2.28. The SMILES string of the molecule is CCc1nc(-c2ccccc2Br)nc2c1CNC2. The predicted molar refractivity (Wildman–Crippen MR) is 75.1 cm³/mol. The van der Waals surface area contributed by atoms with Gasteiger partial charge in [0.1, 0.15) is 0 Å². The van der Waals surface area contributed by atoms with Gasteiger partial charge in [-0.1, -0.05) is 41.1 Å². The minimum Gasteiger partial charge on any atom is -0.307 e. The molecule has 0 atom stereocenters. The van der Waals surface area contributed by atoms with Crippen molar-refractivity contribution < 1.29 is 0 Å². The Morgan fingerprint density at radius 1 is 1.22 bits per heavy atom. The van der Waals surface area contributed by atoms with Crippen LogP contribution in [0, 0.1) is 0 Å². The van der Waals surface area contributed by atoms with E-state index in [2.05, 4.69) is 33.2 Å². The number of benzene rings is 1. The maximum Gasteiger partial charge on any atom is 0.160 e. The van der Waals surface area contributed by atoms with Crippen LogP contribution in [0.4, 0.5) is 0 Å². The summed E-state index contributed by atoms with van der Waals surface area (Å²) in [6.45, 7) is 3.89. The largest absolute Gasteiger partial charge is 0.307 e. The molecular weight excluding hydrogens is 290 g/mol. The maximum atomic E-state index is 4.71. The van der Waals surface area contributed by atoms with Gasteiger partial charge in [0.05, 0.1) is 5.69 Å². The second kappa shape index (κ2) is 4.78. The summed E-state index contributed by atoms with van der Waals surface area (Å²) in [4.78, 5) is 9.40. The molecule has 0 saturated carbocycles. The lowest BCUT2D eigenvalue weighted by Crippen LogP contribution is -2.03. The fraction of sp³-hybridized carbons (Fsp3) is 0.286. The van der Waals surface area contributed by atoms with E-state index in [0.29, 0.717) is 0 Å². The second-order valence-electron chi connectivity index (χ2n) is 4.36. The highest BCUT2D eigenvalue weighted by atomic mass is 79.9. The van der Waals surface area contributed by atoms with E-state index in [1.54, 1.807) is 0 Å². The zero-order valence-electron chi connectivity index (χ0n) is 10.2. The summed E-state index contributed by atoms with van der Waals surface area (Å²) in [6, 6.07) is 8.09. The van der Waals surface area contributed by atoms with Gasteiger partial charge in [-0.2, -0.15) is 0 Å². The molecule has 0 fully saturated rings. The first-order valence-electron chi connectivity index (χ1n) is 6.14. The minimum atomic E-state index is 0.821. The fourth-order valence-electron chi connectivity index (χ4n) is 2.29. The van der Waals surface area contributed by atoms with Crippen LogP contribution in [-0.2, 0) is 19.5 Å². The van der Waals surface area contributed by atoms with Gasteiger partial charge in [-0.3, -0.25) is 0 Å². The van der Waals surface area contributed by atoms with Crippen molar-refractivity contribution in [1.82, 2.24) is 15.3 Å². The molecule has 0 amide bonds. The summed E-state index contributed by atoms with van der Waals surface area (Å²) in [5, 5.41) is 3.34. The molecule has 3 rings (SSSR count). The number of aromatic nitrogens is 2. The molecule has 0 bridgehead atoms. The molecule has 0 saturated heterocycles. The van der Waals surface area contributed by atoms with E-state index in [1.165, 1.54) is 5.56 Å². The van der Waals surface area contributed by atoms with Crippen molar-refractivity contribution in [3.8, 4) is 11.4 Å². The lowest BCUT2D eigenvalue weighted by Gasteiger charge is -2.09. The highest BCUT2D eigenvalue weighted by molar-refractivity contribution is 9.10. The summed E-state index contributed by atoms with van der Waals surface area (Å²) in [5.74, 6) is 0.821. The van der Waals surface area contributed by atoms with Crippen molar-refractivity contribution >= 4 is 15.9 Å². The highest BCUT2D eigenvalue weighted by Gasteiger charge is 2.18. The van der Waals surface area contributed by atoms with Gasteiger partial charge in [0, 0.05) is 34.4 Å². The third kappa shape index (κ3) is 1.95. The quantitative estimate of drug-likeness (QED) is 0.926. The van der Waals surface area contributed by atoms with E-state index < -0.39 is 0 Å². The van der Waals surface area contributed by atoms with Crippen LogP contribution in [0.25, 0.3) is 11.4 Å². The van der Waals surface area contributed by atoms with E-state index in [-0.39, 0.29) is 0 Å². The van der Waals surface area contributed by atoms with Crippen LogP contribution in [-0.4, -0.2) is 9.97 Å².